The van der Waals surface area contributed by atoms with Gasteiger partial charge in [0.1, 0.15) is 0 Å². The van der Waals surface area contributed by atoms with Crippen molar-refractivity contribution in [3.05, 3.63) is 54.1 Å². The van der Waals surface area contributed by atoms with Crippen molar-refractivity contribution in [2.75, 3.05) is 30.1 Å². The molecule has 1 aliphatic rings. The molecule has 4 rings (SSSR count). The first-order chi connectivity index (χ1) is 15.7. The lowest BCUT2D eigenvalue weighted by molar-refractivity contribution is 0.225. The Hall–Kier alpha value is -2.80. The zero-order chi connectivity index (χ0) is 22.3. The summed E-state index contributed by atoms with van der Waals surface area (Å²) in [6.45, 7) is 2.24. The molecule has 0 bridgehead atoms. The Morgan fingerprint density at radius 3 is 2.53 bits per heavy atom. The molecule has 1 atom stereocenters. The molecule has 7 heteroatoms. The van der Waals surface area contributed by atoms with Gasteiger partial charge in [0.15, 0.2) is 11.9 Å². The number of unbranched alkanes of at least 4 members (excludes halogenated alkanes) is 4. The molecule has 32 heavy (non-hydrogen) atoms. The lowest BCUT2D eigenvalue weighted by Crippen LogP contribution is -2.17. The Labute approximate surface area is 194 Å². The van der Waals surface area contributed by atoms with E-state index in [0.717, 1.165) is 34.7 Å². The highest BCUT2D eigenvalue weighted by Crippen LogP contribution is 2.39. The van der Waals surface area contributed by atoms with Gasteiger partial charge < -0.3 is 15.0 Å². The monoisotopic (exact) mass is 449 g/mol. The molecule has 3 aromatic rings. The van der Waals surface area contributed by atoms with Gasteiger partial charge in [-0.25, -0.2) is 0 Å². The second kappa shape index (κ2) is 10.7. The standard InChI is InChI=1S/C25H31N5OS/c1-4-5-6-7-10-17-32-25-27-24-22(28-29-25)20-11-8-9-12-21(20)26-23(31-24)18-13-15-19(16-14-18)30(2)3/h8-9,11-16,23,26H,4-7,10,17H2,1-3H3/t23-/m0/s1. The van der Waals surface area contributed by atoms with Crippen molar-refractivity contribution in [1.29, 1.82) is 0 Å². The third-order valence-corrected chi connectivity index (χ3v) is 6.45. The van der Waals surface area contributed by atoms with Crippen molar-refractivity contribution in [1.82, 2.24) is 15.2 Å². The Balaban J connectivity index is 1.56. The topological polar surface area (TPSA) is 63.2 Å². The molecule has 0 radical (unpaired) electrons. The molecule has 168 valence electrons. The number of thioether (sulfide) groups is 1. The number of hydrogen-bond acceptors (Lipinski definition) is 7. The van der Waals surface area contributed by atoms with Crippen LogP contribution in [0.1, 0.15) is 50.8 Å². The second-order valence-electron chi connectivity index (χ2n) is 8.18. The number of aromatic nitrogens is 3. The highest BCUT2D eigenvalue weighted by molar-refractivity contribution is 7.99. The van der Waals surface area contributed by atoms with E-state index in [1.54, 1.807) is 11.8 Å². The molecule has 0 fully saturated rings. The van der Waals surface area contributed by atoms with E-state index in [4.69, 9.17) is 9.72 Å². The summed E-state index contributed by atoms with van der Waals surface area (Å²) >= 11 is 1.65. The van der Waals surface area contributed by atoms with E-state index in [9.17, 15) is 0 Å². The molecule has 1 N–H and O–H groups in total. The van der Waals surface area contributed by atoms with Gasteiger partial charge in [0, 0.05) is 42.3 Å². The summed E-state index contributed by atoms with van der Waals surface area (Å²) in [6, 6.07) is 16.4. The van der Waals surface area contributed by atoms with Crippen LogP contribution in [0.2, 0.25) is 0 Å². The number of fused-ring (bicyclic) bond motifs is 3. The normalized spacial score (nSPS) is 14.5. The molecule has 0 unspecified atom stereocenters. The lowest BCUT2D eigenvalue weighted by atomic mass is 10.1. The Morgan fingerprint density at radius 1 is 0.969 bits per heavy atom. The van der Waals surface area contributed by atoms with Gasteiger partial charge in [-0.3, -0.25) is 0 Å². The van der Waals surface area contributed by atoms with Gasteiger partial charge in [-0.2, -0.15) is 4.98 Å². The molecule has 6 nitrogen and oxygen atoms in total. The highest BCUT2D eigenvalue weighted by atomic mass is 32.2. The number of ether oxygens (including phenoxy) is 1. The fourth-order valence-corrected chi connectivity index (χ4v) is 4.45. The quantitative estimate of drug-likeness (QED) is 0.309. The third kappa shape index (κ3) is 5.33. The van der Waals surface area contributed by atoms with Crippen LogP contribution in [0, 0.1) is 0 Å². The van der Waals surface area contributed by atoms with E-state index in [0.29, 0.717) is 16.7 Å². The van der Waals surface area contributed by atoms with Crippen molar-refractivity contribution in [2.45, 2.75) is 50.4 Å². The summed E-state index contributed by atoms with van der Waals surface area (Å²) in [7, 11) is 4.07. The van der Waals surface area contributed by atoms with Crippen molar-refractivity contribution in [3.63, 3.8) is 0 Å². The van der Waals surface area contributed by atoms with E-state index >= 15 is 0 Å². The van der Waals surface area contributed by atoms with E-state index in [1.165, 1.54) is 25.7 Å². The maximum Gasteiger partial charge on any atom is 0.247 e. The Bertz CT molecular complexity index is 1030. The van der Waals surface area contributed by atoms with E-state index < -0.39 is 0 Å². The zero-order valence-corrected chi connectivity index (χ0v) is 19.9. The largest absolute Gasteiger partial charge is 0.448 e. The molecule has 0 aliphatic carbocycles. The minimum atomic E-state index is -0.364. The van der Waals surface area contributed by atoms with Crippen LogP contribution in [0.25, 0.3) is 11.3 Å². The number of benzene rings is 2. The summed E-state index contributed by atoms with van der Waals surface area (Å²) in [6.07, 6.45) is 5.91. The van der Waals surface area contributed by atoms with E-state index in [1.807, 2.05) is 38.4 Å². The Kier molecular flexibility index (Phi) is 7.47. The summed E-state index contributed by atoms with van der Waals surface area (Å²) in [5, 5.41) is 13.1. The van der Waals surface area contributed by atoms with Gasteiger partial charge in [0.25, 0.3) is 0 Å². The smallest absolute Gasteiger partial charge is 0.247 e. The number of rotatable bonds is 9. The zero-order valence-electron chi connectivity index (χ0n) is 19.0. The second-order valence-corrected chi connectivity index (χ2v) is 9.25. The molecule has 1 aromatic heterocycles. The Morgan fingerprint density at radius 2 is 1.75 bits per heavy atom. The van der Waals surface area contributed by atoms with Crippen LogP contribution in [0.15, 0.2) is 53.7 Å². The summed E-state index contributed by atoms with van der Waals surface area (Å²) in [4.78, 5) is 6.83. The van der Waals surface area contributed by atoms with Gasteiger partial charge in [-0.05, 0) is 24.6 Å². The average molecular weight is 450 g/mol. The molecule has 0 saturated carbocycles. The minimum Gasteiger partial charge on any atom is -0.448 e. The molecular weight excluding hydrogens is 418 g/mol. The summed E-state index contributed by atoms with van der Waals surface area (Å²) in [5.41, 5.74) is 4.76. The maximum atomic E-state index is 6.37. The van der Waals surface area contributed by atoms with Crippen LogP contribution in [-0.4, -0.2) is 35.0 Å². The number of nitrogens with one attached hydrogen (secondary N) is 1. The van der Waals surface area contributed by atoms with Crippen LogP contribution in [0.4, 0.5) is 11.4 Å². The summed E-state index contributed by atoms with van der Waals surface area (Å²) in [5.74, 6) is 1.52. The van der Waals surface area contributed by atoms with Crippen LogP contribution in [-0.2, 0) is 0 Å². The molecule has 0 spiro atoms. The number of nitrogens with zero attached hydrogens (tertiary/aromatic N) is 4. The SMILES string of the molecule is CCCCCCCSc1nnc2c(n1)O[C@@H](c1ccc(N(C)C)cc1)Nc1ccccc1-2. The molecular formula is C25H31N5OS. The molecule has 2 heterocycles. The van der Waals surface area contributed by atoms with Crippen LogP contribution >= 0.6 is 11.8 Å². The van der Waals surface area contributed by atoms with Crippen LogP contribution < -0.4 is 15.0 Å². The first-order valence-corrected chi connectivity index (χ1v) is 12.3. The van der Waals surface area contributed by atoms with Crippen molar-refractivity contribution in [2.24, 2.45) is 0 Å². The predicted octanol–water partition coefficient (Wildman–Crippen LogP) is 6.17. The van der Waals surface area contributed by atoms with Gasteiger partial charge in [-0.15, -0.1) is 10.2 Å². The first kappa shape index (κ1) is 22.4. The molecule has 2 aromatic carbocycles. The maximum absolute atomic E-state index is 6.37. The van der Waals surface area contributed by atoms with Gasteiger partial charge in [0.2, 0.25) is 11.0 Å². The third-order valence-electron chi connectivity index (χ3n) is 5.52. The van der Waals surface area contributed by atoms with Crippen LogP contribution in [0.5, 0.6) is 5.88 Å². The van der Waals surface area contributed by atoms with Gasteiger partial charge >= 0.3 is 0 Å². The highest BCUT2D eigenvalue weighted by Gasteiger charge is 2.26. The molecule has 0 saturated heterocycles. The average Bonchev–Trinajstić information content (AvgIpc) is 2.98. The first-order valence-electron chi connectivity index (χ1n) is 11.3. The fraction of sp³-hybridized carbons (Fsp3) is 0.400. The van der Waals surface area contributed by atoms with Crippen molar-refractivity contribution >= 4 is 23.1 Å². The molecule has 0 amide bonds. The fourth-order valence-electron chi connectivity index (χ4n) is 3.68. The van der Waals surface area contributed by atoms with Crippen molar-refractivity contribution in [3.8, 4) is 17.1 Å². The minimum absolute atomic E-state index is 0.364. The van der Waals surface area contributed by atoms with Crippen molar-refractivity contribution < 1.29 is 4.74 Å². The predicted molar refractivity (Wildman–Crippen MR) is 133 cm³/mol. The van der Waals surface area contributed by atoms with Gasteiger partial charge in [0.05, 0.1) is 0 Å². The van der Waals surface area contributed by atoms with E-state index in [2.05, 4.69) is 51.6 Å². The van der Waals surface area contributed by atoms with Crippen LogP contribution in [0.3, 0.4) is 0 Å². The number of hydrogen-bond donors (Lipinski definition) is 1. The van der Waals surface area contributed by atoms with Gasteiger partial charge in [-0.1, -0.05) is 74.7 Å². The number of anilines is 2. The molecule has 1 aliphatic heterocycles. The van der Waals surface area contributed by atoms with E-state index in [-0.39, 0.29) is 6.23 Å². The number of para-hydroxylation sites is 1. The lowest BCUT2D eigenvalue weighted by Gasteiger charge is -2.20. The summed E-state index contributed by atoms with van der Waals surface area (Å²) < 4.78 is 6.37.